The van der Waals surface area contributed by atoms with Gasteiger partial charge in [0.2, 0.25) is 0 Å². The highest BCUT2D eigenvalue weighted by atomic mass is 32.1. The second-order valence-electron chi connectivity index (χ2n) is 7.94. The van der Waals surface area contributed by atoms with Crippen LogP contribution in [0.2, 0.25) is 0 Å². The number of amides is 2. The van der Waals surface area contributed by atoms with Gasteiger partial charge in [0, 0.05) is 47.2 Å². The molecule has 1 heterocycles. The zero-order valence-electron chi connectivity index (χ0n) is 17.2. The average Bonchev–Trinajstić information content (AvgIpc) is 3.37. The lowest BCUT2D eigenvalue weighted by Crippen LogP contribution is -2.43. The van der Waals surface area contributed by atoms with Crippen LogP contribution in [0.4, 0.5) is 11.4 Å². The number of benzene rings is 1. The third-order valence-electron chi connectivity index (χ3n) is 5.56. The number of anilines is 2. The third-order valence-corrected chi connectivity index (χ3v) is 7.06. The molecule has 6 nitrogen and oxygen atoms in total. The van der Waals surface area contributed by atoms with E-state index < -0.39 is 17.9 Å². The second kappa shape index (κ2) is 8.97. The second-order valence-corrected chi connectivity index (χ2v) is 9.06. The van der Waals surface area contributed by atoms with Crippen LogP contribution < -0.4 is 15.5 Å². The summed E-state index contributed by atoms with van der Waals surface area (Å²) in [4.78, 5) is 28.8. The molecule has 1 unspecified atom stereocenters. The molecule has 3 rings (SSSR count). The number of rotatable bonds is 6. The van der Waals surface area contributed by atoms with Gasteiger partial charge in [0.05, 0.1) is 6.10 Å². The quantitative estimate of drug-likeness (QED) is 0.632. The monoisotopic (exact) mass is 415 g/mol. The molecular formula is C22H29N3O3S. The molecule has 1 fully saturated rings. The SMILES string of the molecule is CC(O)c1ccc(C2(CNC(=O)C(=O)Nc3ccc(N(C)C)cc3)CCCC2)s1. The van der Waals surface area contributed by atoms with Crippen LogP contribution in [-0.2, 0) is 15.0 Å². The van der Waals surface area contributed by atoms with Crippen molar-refractivity contribution in [2.45, 2.75) is 44.1 Å². The number of nitrogens with one attached hydrogen (secondary N) is 2. The van der Waals surface area contributed by atoms with E-state index in [4.69, 9.17) is 0 Å². The highest BCUT2D eigenvalue weighted by molar-refractivity contribution is 7.12. The van der Waals surface area contributed by atoms with Gasteiger partial charge in [-0.2, -0.15) is 0 Å². The molecule has 0 aliphatic heterocycles. The summed E-state index contributed by atoms with van der Waals surface area (Å²) in [5.74, 6) is -1.29. The van der Waals surface area contributed by atoms with E-state index in [1.54, 1.807) is 30.4 Å². The highest BCUT2D eigenvalue weighted by Crippen LogP contribution is 2.44. The van der Waals surface area contributed by atoms with Crippen molar-refractivity contribution in [2.24, 2.45) is 0 Å². The summed E-state index contributed by atoms with van der Waals surface area (Å²) in [5, 5.41) is 15.3. The third kappa shape index (κ3) is 4.97. The molecule has 156 valence electrons. The van der Waals surface area contributed by atoms with Crippen LogP contribution in [0.5, 0.6) is 0 Å². The van der Waals surface area contributed by atoms with Crippen molar-refractivity contribution in [1.29, 1.82) is 0 Å². The van der Waals surface area contributed by atoms with Gasteiger partial charge in [-0.15, -0.1) is 11.3 Å². The first-order valence-electron chi connectivity index (χ1n) is 9.96. The van der Waals surface area contributed by atoms with E-state index in [9.17, 15) is 14.7 Å². The number of aliphatic hydroxyl groups is 1. The fraction of sp³-hybridized carbons (Fsp3) is 0.455. The van der Waals surface area contributed by atoms with Crippen molar-refractivity contribution in [2.75, 3.05) is 30.9 Å². The maximum atomic E-state index is 12.4. The Balaban J connectivity index is 1.62. The maximum Gasteiger partial charge on any atom is 0.313 e. The number of carbonyl (C=O) groups is 2. The molecule has 1 aliphatic carbocycles. The smallest absolute Gasteiger partial charge is 0.313 e. The van der Waals surface area contributed by atoms with Crippen LogP contribution in [0.1, 0.15) is 48.5 Å². The molecule has 3 N–H and O–H groups in total. The molecule has 1 aliphatic rings. The first-order chi connectivity index (χ1) is 13.8. The highest BCUT2D eigenvalue weighted by Gasteiger charge is 2.37. The summed E-state index contributed by atoms with van der Waals surface area (Å²) in [6.07, 6.45) is 3.65. The van der Waals surface area contributed by atoms with Crippen molar-refractivity contribution in [3.63, 3.8) is 0 Å². The lowest BCUT2D eigenvalue weighted by atomic mass is 9.84. The van der Waals surface area contributed by atoms with Gasteiger partial charge in [-0.3, -0.25) is 9.59 Å². The number of aliphatic hydroxyl groups excluding tert-OH is 1. The summed E-state index contributed by atoms with van der Waals surface area (Å²) in [6, 6.07) is 11.3. The van der Waals surface area contributed by atoms with E-state index in [2.05, 4.69) is 16.7 Å². The minimum absolute atomic E-state index is 0.152. The maximum absolute atomic E-state index is 12.4. The van der Waals surface area contributed by atoms with Crippen LogP contribution in [0.25, 0.3) is 0 Å². The molecule has 0 radical (unpaired) electrons. The Kier molecular flexibility index (Phi) is 6.59. The van der Waals surface area contributed by atoms with Crippen molar-refractivity contribution < 1.29 is 14.7 Å². The van der Waals surface area contributed by atoms with Crippen LogP contribution in [-0.4, -0.2) is 37.6 Å². The van der Waals surface area contributed by atoms with Crippen LogP contribution in [0.15, 0.2) is 36.4 Å². The zero-order chi connectivity index (χ0) is 21.0. The molecule has 2 aromatic rings. The van der Waals surface area contributed by atoms with Gasteiger partial charge >= 0.3 is 11.8 Å². The minimum atomic E-state index is -0.661. The normalized spacial score (nSPS) is 16.3. The topological polar surface area (TPSA) is 81.7 Å². The number of hydrogen-bond donors (Lipinski definition) is 3. The fourth-order valence-electron chi connectivity index (χ4n) is 3.78. The summed E-state index contributed by atoms with van der Waals surface area (Å²) in [5.41, 5.74) is 1.45. The van der Waals surface area contributed by atoms with E-state index in [1.807, 2.05) is 37.2 Å². The van der Waals surface area contributed by atoms with E-state index in [0.717, 1.165) is 36.2 Å². The standard InChI is InChI=1S/C22H29N3O3S/c1-15(26)18-10-11-19(29-18)22(12-4-5-13-22)14-23-20(27)21(28)24-16-6-8-17(9-7-16)25(2)3/h6-11,15,26H,4-5,12-14H2,1-3H3,(H,23,27)(H,24,28). The Hall–Kier alpha value is -2.38. The zero-order valence-corrected chi connectivity index (χ0v) is 18.0. The molecule has 1 aromatic heterocycles. The largest absolute Gasteiger partial charge is 0.388 e. The first-order valence-corrected chi connectivity index (χ1v) is 10.8. The van der Waals surface area contributed by atoms with Crippen molar-refractivity contribution in [3.8, 4) is 0 Å². The number of hydrogen-bond acceptors (Lipinski definition) is 5. The van der Waals surface area contributed by atoms with Gasteiger partial charge in [-0.05, 0) is 56.2 Å². The number of carbonyl (C=O) groups excluding carboxylic acids is 2. The number of nitrogens with zero attached hydrogens (tertiary/aromatic N) is 1. The molecule has 1 saturated carbocycles. The predicted octanol–water partition coefficient (Wildman–Crippen LogP) is 3.43. The summed E-state index contributed by atoms with van der Waals surface area (Å²) in [7, 11) is 3.88. The molecule has 1 aromatic carbocycles. The van der Waals surface area contributed by atoms with Gasteiger partial charge in [0.25, 0.3) is 0 Å². The Labute approximate surface area is 175 Å². The van der Waals surface area contributed by atoms with E-state index >= 15 is 0 Å². The molecule has 29 heavy (non-hydrogen) atoms. The van der Waals surface area contributed by atoms with Crippen LogP contribution >= 0.6 is 11.3 Å². The lowest BCUT2D eigenvalue weighted by Gasteiger charge is -2.28. The van der Waals surface area contributed by atoms with E-state index in [1.165, 1.54) is 4.88 Å². The van der Waals surface area contributed by atoms with Gasteiger partial charge in [-0.25, -0.2) is 0 Å². The van der Waals surface area contributed by atoms with Crippen molar-refractivity contribution in [1.82, 2.24) is 5.32 Å². The van der Waals surface area contributed by atoms with Crippen LogP contribution in [0, 0.1) is 0 Å². The first kappa shape index (κ1) is 21.3. The molecule has 0 bridgehead atoms. The number of thiophene rings is 1. The molecule has 1 atom stereocenters. The Morgan fingerprint density at radius 1 is 1.10 bits per heavy atom. The van der Waals surface area contributed by atoms with E-state index in [0.29, 0.717) is 12.2 Å². The van der Waals surface area contributed by atoms with Gasteiger partial charge < -0.3 is 20.6 Å². The van der Waals surface area contributed by atoms with Crippen LogP contribution in [0.3, 0.4) is 0 Å². The molecule has 7 heteroatoms. The summed E-state index contributed by atoms with van der Waals surface area (Å²) < 4.78 is 0. The molecular weight excluding hydrogens is 386 g/mol. The lowest BCUT2D eigenvalue weighted by molar-refractivity contribution is -0.136. The van der Waals surface area contributed by atoms with Crippen molar-refractivity contribution in [3.05, 3.63) is 46.2 Å². The Bertz CT molecular complexity index is 852. The Morgan fingerprint density at radius 3 is 2.31 bits per heavy atom. The van der Waals surface area contributed by atoms with Crippen molar-refractivity contribution >= 4 is 34.5 Å². The predicted molar refractivity (Wildman–Crippen MR) is 118 cm³/mol. The summed E-state index contributed by atoms with van der Waals surface area (Å²) in [6.45, 7) is 2.19. The molecule has 2 amide bonds. The van der Waals surface area contributed by atoms with E-state index in [-0.39, 0.29) is 5.41 Å². The fourth-order valence-corrected chi connectivity index (χ4v) is 4.97. The molecule has 0 spiro atoms. The average molecular weight is 416 g/mol. The van der Waals surface area contributed by atoms with Gasteiger partial charge in [-0.1, -0.05) is 12.8 Å². The Morgan fingerprint density at radius 2 is 1.76 bits per heavy atom. The molecule has 0 saturated heterocycles. The van der Waals surface area contributed by atoms with Gasteiger partial charge in [0.1, 0.15) is 0 Å². The van der Waals surface area contributed by atoms with Gasteiger partial charge in [0.15, 0.2) is 0 Å². The minimum Gasteiger partial charge on any atom is -0.388 e. The summed E-state index contributed by atoms with van der Waals surface area (Å²) >= 11 is 1.60.